The topological polar surface area (TPSA) is 30.5 Å². The average molecular weight is 386 g/mol. The Morgan fingerprint density at radius 2 is 1.80 bits per heavy atom. The van der Waals surface area contributed by atoms with Crippen LogP contribution in [0.15, 0.2) is 30.3 Å². The normalized spacial score (nSPS) is 11.5. The lowest BCUT2D eigenvalue weighted by Crippen LogP contribution is -2.35. The van der Waals surface area contributed by atoms with Crippen LogP contribution in [0.25, 0.3) is 0 Å². The third-order valence-corrected chi connectivity index (χ3v) is 4.28. The van der Waals surface area contributed by atoms with Gasteiger partial charge < -0.3 is 14.8 Å². The van der Waals surface area contributed by atoms with Crippen molar-refractivity contribution in [2.45, 2.75) is 39.5 Å². The predicted octanol–water partition coefficient (Wildman–Crippen LogP) is 5.61. The van der Waals surface area contributed by atoms with Crippen LogP contribution >= 0.6 is 23.2 Å². The third kappa shape index (κ3) is 5.50. The third-order valence-electron chi connectivity index (χ3n) is 3.58. The second-order valence-electron chi connectivity index (χ2n) is 6.69. The molecule has 0 fully saturated rings. The standard InChI is InChI=1S/C19H22Cl2FNO2/c1-19(2,3)23-10-12-8-17(24-4)18(9-15(12)21)25-11-13-14(20)6-5-7-16(13)22/h5-9,23H,10-11H2,1-4H3. The van der Waals surface area contributed by atoms with Gasteiger partial charge in [0.15, 0.2) is 11.5 Å². The van der Waals surface area contributed by atoms with Gasteiger partial charge in [0.05, 0.1) is 12.1 Å². The monoisotopic (exact) mass is 385 g/mol. The number of methoxy groups -OCH3 is 1. The van der Waals surface area contributed by atoms with E-state index in [4.69, 9.17) is 32.7 Å². The van der Waals surface area contributed by atoms with Gasteiger partial charge in [0.2, 0.25) is 0 Å². The highest BCUT2D eigenvalue weighted by Gasteiger charge is 2.15. The van der Waals surface area contributed by atoms with E-state index in [0.29, 0.717) is 33.7 Å². The van der Waals surface area contributed by atoms with E-state index < -0.39 is 5.82 Å². The molecule has 0 bridgehead atoms. The summed E-state index contributed by atoms with van der Waals surface area (Å²) in [7, 11) is 1.55. The molecule has 25 heavy (non-hydrogen) atoms. The van der Waals surface area contributed by atoms with Gasteiger partial charge in [0.1, 0.15) is 12.4 Å². The Morgan fingerprint density at radius 3 is 2.40 bits per heavy atom. The van der Waals surface area contributed by atoms with Gasteiger partial charge in [-0.2, -0.15) is 0 Å². The Labute approximate surface area is 158 Å². The van der Waals surface area contributed by atoms with Crippen molar-refractivity contribution in [3.05, 3.63) is 57.3 Å². The molecule has 0 aliphatic rings. The Balaban J connectivity index is 2.19. The molecular formula is C19H22Cl2FNO2. The first-order valence-electron chi connectivity index (χ1n) is 7.88. The van der Waals surface area contributed by atoms with Crippen LogP contribution in [0.5, 0.6) is 11.5 Å². The smallest absolute Gasteiger partial charge is 0.163 e. The van der Waals surface area contributed by atoms with E-state index in [0.717, 1.165) is 5.56 Å². The minimum Gasteiger partial charge on any atom is -0.493 e. The van der Waals surface area contributed by atoms with Crippen molar-refractivity contribution < 1.29 is 13.9 Å². The molecule has 2 aromatic carbocycles. The van der Waals surface area contributed by atoms with Gasteiger partial charge in [-0.1, -0.05) is 29.3 Å². The lowest BCUT2D eigenvalue weighted by Gasteiger charge is -2.21. The zero-order chi connectivity index (χ0) is 18.6. The number of hydrogen-bond acceptors (Lipinski definition) is 3. The highest BCUT2D eigenvalue weighted by atomic mass is 35.5. The number of ether oxygens (including phenoxy) is 2. The quantitative estimate of drug-likeness (QED) is 0.700. The van der Waals surface area contributed by atoms with Gasteiger partial charge in [0, 0.05) is 28.7 Å². The van der Waals surface area contributed by atoms with E-state index in [-0.39, 0.29) is 12.1 Å². The highest BCUT2D eigenvalue weighted by molar-refractivity contribution is 6.31. The van der Waals surface area contributed by atoms with Crippen LogP contribution in [0.3, 0.4) is 0 Å². The molecule has 0 saturated carbocycles. The molecule has 0 heterocycles. The van der Waals surface area contributed by atoms with E-state index in [1.807, 2.05) is 6.07 Å². The van der Waals surface area contributed by atoms with Crippen LogP contribution < -0.4 is 14.8 Å². The molecule has 0 unspecified atom stereocenters. The SMILES string of the molecule is COc1cc(CNC(C)(C)C)c(Cl)cc1OCc1c(F)cccc1Cl. The molecule has 6 heteroatoms. The van der Waals surface area contributed by atoms with Crippen LogP contribution in [0.4, 0.5) is 4.39 Å². The van der Waals surface area contributed by atoms with Crippen molar-refractivity contribution in [3.63, 3.8) is 0 Å². The first-order chi connectivity index (χ1) is 11.7. The zero-order valence-electron chi connectivity index (χ0n) is 14.8. The molecule has 0 aliphatic carbocycles. The summed E-state index contributed by atoms with van der Waals surface area (Å²) in [5, 5.41) is 4.24. The van der Waals surface area contributed by atoms with E-state index in [1.165, 1.54) is 6.07 Å². The predicted molar refractivity (Wildman–Crippen MR) is 100 cm³/mol. The summed E-state index contributed by atoms with van der Waals surface area (Å²) in [6.07, 6.45) is 0. The van der Waals surface area contributed by atoms with Crippen molar-refractivity contribution in [2.24, 2.45) is 0 Å². The molecule has 2 aromatic rings. The molecule has 0 saturated heterocycles. The Morgan fingerprint density at radius 1 is 1.08 bits per heavy atom. The number of halogens is 3. The zero-order valence-corrected chi connectivity index (χ0v) is 16.3. The van der Waals surface area contributed by atoms with E-state index in [9.17, 15) is 4.39 Å². The van der Waals surface area contributed by atoms with E-state index in [1.54, 1.807) is 25.3 Å². The molecule has 0 atom stereocenters. The minimum atomic E-state index is -0.413. The summed E-state index contributed by atoms with van der Waals surface area (Å²) in [5.74, 6) is 0.553. The van der Waals surface area contributed by atoms with Crippen molar-refractivity contribution in [2.75, 3.05) is 7.11 Å². The summed E-state index contributed by atoms with van der Waals surface area (Å²) in [6.45, 7) is 6.81. The molecule has 2 rings (SSSR count). The van der Waals surface area contributed by atoms with Crippen molar-refractivity contribution in [3.8, 4) is 11.5 Å². The first-order valence-corrected chi connectivity index (χ1v) is 8.64. The maximum Gasteiger partial charge on any atom is 0.163 e. The summed E-state index contributed by atoms with van der Waals surface area (Å²) < 4.78 is 24.9. The second kappa shape index (κ2) is 8.26. The van der Waals surface area contributed by atoms with Gasteiger partial charge in [-0.05, 0) is 44.5 Å². The molecule has 0 radical (unpaired) electrons. The number of rotatable bonds is 6. The fraction of sp³-hybridized carbons (Fsp3) is 0.368. The second-order valence-corrected chi connectivity index (χ2v) is 7.50. The van der Waals surface area contributed by atoms with Crippen LogP contribution in [0.1, 0.15) is 31.9 Å². The Hall–Kier alpha value is -1.49. The summed E-state index contributed by atoms with van der Waals surface area (Å²) in [5.41, 5.74) is 1.15. The lowest BCUT2D eigenvalue weighted by molar-refractivity contribution is 0.279. The average Bonchev–Trinajstić information content (AvgIpc) is 2.52. The molecule has 1 N–H and O–H groups in total. The molecule has 136 valence electrons. The van der Waals surface area contributed by atoms with Gasteiger partial charge in [0.25, 0.3) is 0 Å². The molecule has 0 aromatic heterocycles. The Bertz CT molecular complexity index is 725. The van der Waals surface area contributed by atoms with Gasteiger partial charge in [-0.15, -0.1) is 0 Å². The van der Waals surface area contributed by atoms with Crippen molar-refractivity contribution >= 4 is 23.2 Å². The summed E-state index contributed by atoms with van der Waals surface area (Å²) in [6, 6.07) is 8.01. The number of hydrogen-bond donors (Lipinski definition) is 1. The summed E-state index contributed by atoms with van der Waals surface area (Å²) in [4.78, 5) is 0. The molecular weight excluding hydrogens is 364 g/mol. The van der Waals surface area contributed by atoms with Gasteiger partial charge in [-0.3, -0.25) is 0 Å². The van der Waals surface area contributed by atoms with Gasteiger partial charge in [-0.25, -0.2) is 4.39 Å². The van der Waals surface area contributed by atoms with Crippen molar-refractivity contribution in [1.82, 2.24) is 5.32 Å². The molecule has 0 amide bonds. The Kier molecular flexibility index (Phi) is 6.55. The maximum absolute atomic E-state index is 13.9. The molecule has 3 nitrogen and oxygen atoms in total. The van der Waals surface area contributed by atoms with Crippen molar-refractivity contribution in [1.29, 1.82) is 0 Å². The number of nitrogens with one attached hydrogen (secondary N) is 1. The molecule has 0 aliphatic heterocycles. The fourth-order valence-corrected chi connectivity index (χ4v) is 2.60. The first kappa shape index (κ1) is 19.8. The minimum absolute atomic E-state index is 0.0161. The maximum atomic E-state index is 13.9. The van der Waals surface area contributed by atoms with Crippen LogP contribution in [0.2, 0.25) is 10.0 Å². The van der Waals surface area contributed by atoms with E-state index in [2.05, 4.69) is 26.1 Å². The lowest BCUT2D eigenvalue weighted by atomic mass is 10.1. The number of benzene rings is 2. The van der Waals surface area contributed by atoms with Crippen LogP contribution in [0, 0.1) is 5.82 Å². The van der Waals surface area contributed by atoms with E-state index >= 15 is 0 Å². The van der Waals surface area contributed by atoms with Crippen LogP contribution in [-0.4, -0.2) is 12.6 Å². The van der Waals surface area contributed by atoms with Crippen LogP contribution in [-0.2, 0) is 13.2 Å². The summed E-state index contributed by atoms with van der Waals surface area (Å²) >= 11 is 12.4. The largest absolute Gasteiger partial charge is 0.493 e. The van der Waals surface area contributed by atoms with Gasteiger partial charge >= 0.3 is 0 Å². The fourth-order valence-electron chi connectivity index (χ4n) is 2.17. The highest BCUT2D eigenvalue weighted by Crippen LogP contribution is 2.34. The molecule has 0 spiro atoms.